The number of hydrogen-bond donors (Lipinski definition) is 2. The van der Waals surface area contributed by atoms with Crippen molar-refractivity contribution in [2.45, 2.75) is 32.2 Å². The van der Waals surface area contributed by atoms with Gasteiger partial charge in [-0.2, -0.15) is 0 Å². The molecular weight excluding hydrogens is 207 g/mol. The first-order valence-electron chi connectivity index (χ1n) is 5.66. The predicted octanol–water partition coefficient (Wildman–Crippen LogP) is 1.82. The molecule has 1 unspecified atom stereocenters. The van der Waals surface area contributed by atoms with Crippen LogP contribution in [-0.2, 0) is 5.54 Å². The fraction of sp³-hybridized carbons (Fsp3) is 0.583. The van der Waals surface area contributed by atoms with E-state index in [1.54, 1.807) is 6.07 Å². The molecule has 2 N–H and O–H groups in total. The highest BCUT2D eigenvalue weighted by Gasteiger charge is 2.29. The zero-order chi connectivity index (χ0) is 12.0. The fourth-order valence-electron chi connectivity index (χ4n) is 1.98. The summed E-state index contributed by atoms with van der Waals surface area (Å²) in [5, 5.41) is 12.5. The van der Waals surface area contributed by atoms with Crippen LogP contribution in [0.1, 0.15) is 32.4 Å². The minimum atomic E-state index is -0.350. The average Bonchev–Trinajstić information content (AvgIpc) is 2.29. The van der Waals surface area contributed by atoms with Crippen molar-refractivity contribution in [1.29, 1.82) is 0 Å². The van der Waals surface area contributed by atoms with Gasteiger partial charge >= 0.3 is 0 Å². The molecule has 1 aromatic heterocycles. The Morgan fingerprint density at radius 2 is 2.19 bits per heavy atom. The van der Waals surface area contributed by atoms with Crippen molar-refractivity contribution in [3.63, 3.8) is 0 Å². The van der Waals surface area contributed by atoms with Crippen molar-refractivity contribution in [3.05, 3.63) is 29.8 Å². The summed E-state index contributed by atoms with van der Waals surface area (Å²) in [5.41, 5.74) is 0.435. The summed E-state index contributed by atoms with van der Waals surface area (Å²) in [6.45, 7) is 4.90. The molecular formula is C12H19FN2O. The topological polar surface area (TPSA) is 45.1 Å². The molecule has 0 saturated heterocycles. The molecule has 1 atom stereocenters. The summed E-state index contributed by atoms with van der Waals surface area (Å²) in [7, 11) is 0. The van der Waals surface area contributed by atoms with Crippen molar-refractivity contribution < 1.29 is 9.50 Å². The Labute approximate surface area is 95.7 Å². The van der Waals surface area contributed by atoms with Gasteiger partial charge in [-0.15, -0.1) is 0 Å². The molecule has 0 amide bonds. The third-order valence-electron chi connectivity index (χ3n) is 2.87. The minimum absolute atomic E-state index is 0.0832. The molecule has 0 aliphatic heterocycles. The number of pyridine rings is 1. The van der Waals surface area contributed by atoms with Crippen LogP contribution in [0.4, 0.5) is 4.39 Å². The SMILES string of the molecule is CCNC(CC)(CCO)c1ccc(F)cn1. The number of aromatic nitrogens is 1. The van der Waals surface area contributed by atoms with E-state index in [1.807, 2.05) is 13.8 Å². The number of hydrogen-bond acceptors (Lipinski definition) is 3. The van der Waals surface area contributed by atoms with Gasteiger partial charge in [0.1, 0.15) is 5.82 Å². The van der Waals surface area contributed by atoms with E-state index in [-0.39, 0.29) is 18.0 Å². The molecule has 0 aromatic carbocycles. The smallest absolute Gasteiger partial charge is 0.141 e. The van der Waals surface area contributed by atoms with Gasteiger partial charge in [-0.1, -0.05) is 13.8 Å². The number of nitrogens with one attached hydrogen (secondary N) is 1. The largest absolute Gasteiger partial charge is 0.396 e. The van der Waals surface area contributed by atoms with Gasteiger partial charge < -0.3 is 10.4 Å². The molecule has 4 heteroatoms. The zero-order valence-corrected chi connectivity index (χ0v) is 9.83. The molecule has 16 heavy (non-hydrogen) atoms. The van der Waals surface area contributed by atoms with Crippen LogP contribution in [0, 0.1) is 5.82 Å². The second-order valence-corrected chi connectivity index (χ2v) is 3.80. The second-order valence-electron chi connectivity index (χ2n) is 3.80. The average molecular weight is 226 g/mol. The van der Waals surface area contributed by atoms with Crippen molar-refractivity contribution in [3.8, 4) is 0 Å². The summed E-state index contributed by atoms with van der Waals surface area (Å²) in [4.78, 5) is 4.11. The first kappa shape index (κ1) is 13.1. The Kier molecular flexibility index (Phi) is 4.83. The van der Waals surface area contributed by atoms with Crippen LogP contribution in [0.5, 0.6) is 0 Å². The van der Waals surface area contributed by atoms with Crippen LogP contribution >= 0.6 is 0 Å². The standard InChI is InChI=1S/C12H19FN2O/c1-3-12(7-8-16,15-4-2)11-6-5-10(13)9-14-11/h5-6,9,15-16H,3-4,7-8H2,1-2H3. The summed E-state index contributed by atoms with van der Waals surface area (Å²) >= 11 is 0. The molecule has 0 radical (unpaired) electrons. The van der Waals surface area contributed by atoms with E-state index in [0.717, 1.165) is 18.7 Å². The highest BCUT2D eigenvalue weighted by atomic mass is 19.1. The van der Waals surface area contributed by atoms with Gasteiger partial charge in [0.05, 0.1) is 17.4 Å². The lowest BCUT2D eigenvalue weighted by Crippen LogP contribution is -2.43. The van der Waals surface area contributed by atoms with Crippen molar-refractivity contribution in [1.82, 2.24) is 10.3 Å². The minimum Gasteiger partial charge on any atom is -0.396 e. The van der Waals surface area contributed by atoms with Gasteiger partial charge in [-0.25, -0.2) is 4.39 Å². The van der Waals surface area contributed by atoms with Crippen molar-refractivity contribution >= 4 is 0 Å². The first-order valence-corrected chi connectivity index (χ1v) is 5.66. The van der Waals surface area contributed by atoms with Crippen LogP contribution in [0.15, 0.2) is 18.3 Å². The molecule has 90 valence electrons. The second kappa shape index (κ2) is 5.92. The highest BCUT2D eigenvalue weighted by Crippen LogP contribution is 2.26. The van der Waals surface area contributed by atoms with Crippen LogP contribution in [0.25, 0.3) is 0 Å². The molecule has 0 aliphatic carbocycles. The highest BCUT2D eigenvalue weighted by molar-refractivity contribution is 5.16. The zero-order valence-electron chi connectivity index (χ0n) is 9.83. The number of halogens is 1. The normalized spacial score (nSPS) is 14.8. The van der Waals surface area contributed by atoms with E-state index >= 15 is 0 Å². The number of aliphatic hydroxyl groups is 1. The Bertz CT molecular complexity index is 307. The fourth-order valence-corrected chi connectivity index (χ4v) is 1.98. The summed E-state index contributed by atoms with van der Waals surface area (Å²) in [6, 6.07) is 3.08. The summed E-state index contributed by atoms with van der Waals surface area (Å²) in [6.07, 6.45) is 2.60. The maximum atomic E-state index is 12.8. The van der Waals surface area contributed by atoms with Crippen LogP contribution in [0.3, 0.4) is 0 Å². The van der Waals surface area contributed by atoms with Crippen molar-refractivity contribution in [2.24, 2.45) is 0 Å². The quantitative estimate of drug-likeness (QED) is 0.777. The van der Waals surface area contributed by atoms with E-state index in [2.05, 4.69) is 10.3 Å². The van der Waals surface area contributed by atoms with E-state index in [1.165, 1.54) is 12.3 Å². The maximum absolute atomic E-state index is 12.8. The summed E-state index contributed by atoms with van der Waals surface area (Å²) in [5.74, 6) is -0.339. The van der Waals surface area contributed by atoms with Gasteiger partial charge in [-0.05, 0) is 31.5 Å². The monoisotopic (exact) mass is 226 g/mol. The number of rotatable bonds is 6. The molecule has 0 spiro atoms. The number of nitrogens with zero attached hydrogens (tertiary/aromatic N) is 1. The van der Waals surface area contributed by atoms with E-state index in [0.29, 0.717) is 6.42 Å². The molecule has 3 nitrogen and oxygen atoms in total. The van der Waals surface area contributed by atoms with Gasteiger partial charge in [0, 0.05) is 6.61 Å². The van der Waals surface area contributed by atoms with Crippen LogP contribution in [0.2, 0.25) is 0 Å². The van der Waals surface area contributed by atoms with Gasteiger partial charge in [0.15, 0.2) is 0 Å². The molecule has 1 rings (SSSR count). The van der Waals surface area contributed by atoms with Crippen LogP contribution < -0.4 is 5.32 Å². The third kappa shape index (κ3) is 2.77. The van der Waals surface area contributed by atoms with Gasteiger partial charge in [0.2, 0.25) is 0 Å². The molecule has 1 heterocycles. The van der Waals surface area contributed by atoms with Crippen LogP contribution in [-0.4, -0.2) is 23.2 Å². The molecule has 0 fully saturated rings. The first-order chi connectivity index (χ1) is 7.68. The molecule has 0 saturated carbocycles. The van der Waals surface area contributed by atoms with E-state index in [4.69, 9.17) is 5.11 Å². The summed E-state index contributed by atoms with van der Waals surface area (Å²) < 4.78 is 12.8. The Morgan fingerprint density at radius 3 is 2.62 bits per heavy atom. The maximum Gasteiger partial charge on any atom is 0.141 e. The lowest BCUT2D eigenvalue weighted by Gasteiger charge is -2.32. The lowest BCUT2D eigenvalue weighted by molar-refractivity contribution is 0.202. The van der Waals surface area contributed by atoms with E-state index < -0.39 is 0 Å². The molecule has 0 aliphatic rings. The number of aliphatic hydroxyl groups excluding tert-OH is 1. The Balaban J connectivity index is 3.02. The van der Waals surface area contributed by atoms with Gasteiger partial charge in [-0.3, -0.25) is 4.98 Å². The Morgan fingerprint density at radius 1 is 1.44 bits per heavy atom. The van der Waals surface area contributed by atoms with Crippen molar-refractivity contribution in [2.75, 3.05) is 13.2 Å². The lowest BCUT2D eigenvalue weighted by atomic mass is 9.88. The van der Waals surface area contributed by atoms with E-state index in [9.17, 15) is 4.39 Å². The Hall–Kier alpha value is -1.00. The predicted molar refractivity (Wildman–Crippen MR) is 61.5 cm³/mol. The third-order valence-corrected chi connectivity index (χ3v) is 2.87. The molecule has 1 aromatic rings. The molecule has 0 bridgehead atoms. The van der Waals surface area contributed by atoms with Gasteiger partial charge in [0.25, 0.3) is 0 Å².